The van der Waals surface area contributed by atoms with E-state index in [1.54, 1.807) is 18.2 Å². The van der Waals surface area contributed by atoms with Crippen molar-refractivity contribution in [3.05, 3.63) is 59.7 Å². The topological polar surface area (TPSA) is 102 Å². The van der Waals surface area contributed by atoms with Gasteiger partial charge in [0, 0.05) is 5.69 Å². The monoisotopic (exact) mass is 390 g/mol. The second kappa shape index (κ2) is 9.29. The highest BCUT2D eigenvalue weighted by atomic mass is 32.2. The van der Waals surface area contributed by atoms with Crippen LogP contribution in [0.15, 0.2) is 53.4 Å². The Kier molecular flexibility index (Phi) is 7.09. The summed E-state index contributed by atoms with van der Waals surface area (Å²) < 4.78 is 31.1. The first-order chi connectivity index (χ1) is 12.8. The molecular weight excluding hydrogens is 368 g/mol. The number of benzene rings is 2. The molecule has 0 fully saturated rings. The quantitative estimate of drug-likeness (QED) is 0.672. The molecule has 2 N–H and O–H groups in total. The SMILES string of the molecule is CCc1cccc(NC(=O)COC(=O)CNS(=O)(=O)c2ccc(C)cc2)c1. The average Bonchev–Trinajstić information content (AvgIpc) is 2.65. The summed E-state index contributed by atoms with van der Waals surface area (Å²) in [4.78, 5) is 23.6. The van der Waals surface area contributed by atoms with Crippen LogP contribution in [-0.4, -0.2) is 33.4 Å². The Labute approximate surface area is 158 Å². The Morgan fingerprint density at radius 1 is 1.07 bits per heavy atom. The zero-order valence-electron chi connectivity index (χ0n) is 15.2. The average molecular weight is 390 g/mol. The van der Waals surface area contributed by atoms with Gasteiger partial charge in [0.05, 0.1) is 4.90 Å². The maximum atomic E-state index is 12.1. The lowest BCUT2D eigenvalue weighted by molar-refractivity contribution is -0.146. The van der Waals surface area contributed by atoms with Crippen LogP contribution in [0.3, 0.4) is 0 Å². The molecule has 27 heavy (non-hydrogen) atoms. The number of carbonyl (C=O) groups is 2. The van der Waals surface area contributed by atoms with E-state index in [1.807, 2.05) is 32.0 Å². The second-order valence-electron chi connectivity index (χ2n) is 5.90. The number of rotatable bonds is 8. The summed E-state index contributed by atoms with van der Waals surface area (Å²) in [6, 6.07) is 13.5. The van der Waals surface area contributed by atoms with Crippen LogP contribution in [0.5, 0.6) is 0 Å². The number of aryl methyl sites for hydroxylation is 2. The van der Waals surface area contributed by atoms with Crippen molar-refractivity contribution >= 4 is 27.6 Å². The first kappa shape index (κ1) is 20.6. The first-order valence-corrected chi connectivity index (χ1v) is 9.89. The summed E-state index contributed by atoms with van der Waals surface area (Å²) in [5, 5.41) is 2.62. The highest BCUT2D eigenvalue weighted by Gasteiger charge is 2.16. The van der Waals surface area contributed by atoms with Crippen molar-refractivity contribution < 1.29 is 22.7 Å². The molecule has 0 bridgehead atoms. The smallest absolute Gasteiger partial charge is 0.321 e. The van der Waals surface area contributed by atoms with E-state index in [1.165, 1.54) is 12.1 Å². The van der Waals surface area contributed by atoms with E-state index in [0.29, 0.717) is 5.69 Å². The van der Waals surface area contributed by atoms with Gasteiger partial charge in [-0.05, 0) is 43.2 Å². The minimum atomic E-state index is -3.82. The molecule has 0 atom stereocenters. The van der Waals surface area contributed by atoms with E-state index in [4.69, 9.17) is 4.74 Å². The van der Waals surface area contributed by atoms with E-state index in [9.17, 15) is 18.0 Å². The molecule has 2 aromatic carbocycles. The highest BCUT2D eigenvalue weighted by molar-refractivity contribution is 7.89. The van der Waals surface area contributed by atoms with Crippen molar-refractivity contribution in [1.82, 2.24) is 4.72 Å². The van der Waals surface area contributed by atoms with Gasteiger partial charge in [0.25, 0.3) is 5.91 Å². The lowest BCUT2D eigenvalue weighted by Gasteiger charge is -2.09. The van der Waals surface area contributed by atoms with Gasteiger partial charge in [-0.1, -0.05) is 36.8 Å². The number of hydrogen-bond donors (Lipinski definition) is 2. The van der Waals surface area contributed by atoms with Crippen molar-refractivity contribution in [1.29, 1.82) is 0 Å². The third kappa shape index (κ3) is 6.50. The summed E-state index contributed by atoms with van der Waals surface area (Å²) in [5.41, 5.74) is 2.59. The van der Waals surface area contributed by atoms with Crippen molar-refractivity contribution in [2.45, 2.75) is 25.2 Å². The van der Waals surface area contributed by atoms with Crippen molar-refractivity contribution in [3.63, 3.8) is 0 Å². The Morgan fingerprint density at radius 3 is 2.44 bits per heavy atom. The van der Waals surface area contributed by atoms with Crippen LogP contribution in [0.1, 0.15) is 18.1 Å². The third-order valence-electron chi connectivity index (χ3n) is 3.72. The predicted octanol–water partition coefficient (Wildman–Crippen LogP) is 2.02. The third-order valence-corrected chi connectivity index (χ3v) is 5.14. The number of ether oxygens (including phenoxy) is 1. The normalized spacial score (nSPS) is 11.0. The minimum absolute atomic E-state index is 0.0504. The molecule has 0 saturated carbocycles. The molecule has 0 spiro atoms. The van der Waals surface area contributed by atoms with Crippen LogP contribution >= 0.6 is 0 Å². The van der Waals surface area contributed by atoms with Crippen LogP contribution in [0, 0.1) is 6.92 Å². The number of esters is 1. The van der Waals surface area contributed by atoms with Gasteiger partial charge in [-0.15, -0.1) is 0 Å². The van der Waals surface area contributed by atoms with Gasteiger partial charge < -0.3 is 10.1 Å². The number of amides is 1. The number of anilines is 1. The van der Waals surface area contributed by atoms with E-state index in [0.717, 1.165) is 17.5 Å². The molecule has 0 aliphatic heterocycles. The highest BCUT2D eigenvalue weighted by Crippen LogP contribution is 2.11. The van der Waals surface area contributed by atoms with E-state index < -0.39 is 35.1 Å². The summed E-state index contributed by atoms with van der Waals surface area (Å²) in [6.07, 6.45) is 0.833. The predicted molar refractivity (Wildman–Crippen MR) is 102 cm³/mol. The van der Waals surface area contributed by atoms with Crippen LogP contribution in [0.25, 0.3) is 0 Å². The zero-order valence-corrected chi connectivity index (χ0v) is 16.0. The molecule has 0 aliphatic carbocycles. The fourth-order valence-electron chi connectivity index (χ4n) is 2.22. The van der Waals surface area contributed by atoms with E-state index >= 15 is 0 Å². The number of carbonyl (C=O) groups excluding carboxylic acids is 2. The molecule has 7 nitrogen and oxygen atoms in total. The van der Waals surface area contributed by atoms with Gasteiger partial charge in [0.2, 0.25) is 10.0 Å². The Morgan fingerprint density at radius 2 is 1.78 bits per heavy atom. The Hall–Kier alpha value is -2.71. The molecule has 0 aromatic heterocycles. The molecule has 2 rings (SSSR count). The van der Waals surface area contributed by atoms with Gasteiger partial charge in [0.15, 0.2) is 6.61 Å². The maximum absolute atomic E-state index is 12.1. The summed E-state index contributed by atoms with van der Waals surface area (Å²) >= 11 is 0. The lowest BCUT2D eigenvalue weighted by atomic mass is 10.1. The molecular formula is C19H22N2O5S. The van der Waals surface area contributed by atoms with Gasteiger partial charge in [-0.2, -0.15) is 4.72 Å². The van der Waals surface area contributed by atoms with Gasteiger partial charge in [-0.3, -0.25) is 9.59 Å². The Balaban J connectivity index is 1.80. The molecule has 144 valence electrons. The summed E-state index contributed by atoms with van der Waals surface area (Å²) in [5.74, 6) is -1.35. The van der Waals surface area contributed by atoms with Gasteiger partial charge in [0.1, 0.15) is 6.54 Å². The molecule has 2 aromatic rings. The van der Waals surface area contributed by atoms with Crippen LogP contribution in [0.2, 0.25) is 0 Å². The summed E-state index contributed by atoms with van der Waals surface area (Å²) in [6.45, 7) is 2.78. The second-order valence-corrected chi connectivity index (χ2v) is 7.67. The zero-order chi connectivity index (χ0) is 19.9. The van der Waals surface area contributed by atoms with Crippen LogP contribution < -0.4 is 10.0 Å². The van der Waals surface area contributed by atoms with Crippen molar-refractivity contribution in [2.24, 2.45) is 0 Å². The van der Waals surface area contributed by atoms with Gasteiger partial charge in [-0.25, -0.2) is 8.42 Å². The molecule has 0 heterocycles. The lowest BCUT2D eigenvalue weighted by Crippen LogP contribution is -2.32. The molecule has 0 saturated heterocycles. The Bertz CT molecular complexity index is 908. The number of sulfonamides is 1. The largest absolute Gasteiger partial charge is 0.455 e. The van der Waals surface area contributed by atoms with E-state index in [-0.39, 0.29) is 4.90 Å². The maximum Gasteiger partial charge on any atom is 0.321 e. The molecule has 1 amide bonds. The molecule has 8 heteroatoms. The molecule has 0 unspecified atom stereocenters. The first-order valence-electron chi connectivity index (χ1n) is 8.41. The van der Waals surface area contributed by atoms with Crippen molar-refractivity contribution in [3.8, 4) is 0 Å². The van der Waals surface area contributed by atoms with E-state index in [2.05, 4.69) is 10.0 Å². The van der Waals surface area contributed by atoms with Crippen LogP contribution in [0.4, 0.5) is 5.69 Å². The standard InChI is InChI=1S/C19H22N2O5S/c1-3-15-5-4-6-16(11-15)21-18(22)13-26-19(23)12-20-27(24,25)17-9-7-14(2)8-10-17/h4-11,20H,3,12-13H2,1-2H3,(H,21,22). The molecule has 0 aliphatic rings. The number of hydrogen-bond acceptors (Lipinski definition) is 5. The van der Waals surface area contributed by atoms with Crippen LogP contribution in [-0.2, 0) is 30.8 Å². The minimum Gasteiger partial charge on any atom is -0.455 e. The van der Waals surface area contributed by atoms with Crippen molar-refractivity contribution in [2.75, 3.05) is 18.5 Å². The molecule has 0 radical (unpaired) electrons. The fraction of sp³-hybridized carbons (Fsp3) is 0.263. The summed E-state index contributed by atoms with van der Waals surface area (Å²) in [7, 11) is -3.82. The fourth-order valence-corrected chi connectivity index (χ4v) is 3.19. The number of nitrogens with one attached hydrogen (secondary N) is 2. The van der Waals surface area contributed by atoms with Gasteiger partial charge >= 0.3 is 5.97 Å².